The third kappa shape index (κ3) is 7.57. The lowest BCUT2D eigenvalue weighted by Gasteiger charge is -2.27. The van der Waals surface area contributed by atoms with Crippen LogP contribution in [0.1, 0.15) is 32.8 Å². The summed E-state index contributed by atoms with van der Waals surface area (Å²) in [4.78, 5) is 28.6. The van der Waals surface area contributed by atoms with E-state index in [2.05, 4.69) is 10.2 Å². The Kier molecular flexibility index (Phi) is 9.25. The summed E-state index contributed by atoms with van der Waals surface area (Å²) >= 11 is 0. The molecule has 0 saturated carbocycles. The molecule has 0 radical (unpaired) electrons. The smallest absolute Gasteiger partial charge is 0.409 e. The quantitative estimate of drug-likeness (QED) is 0.720. The van der Waals surface area contributed by atoms with Crippen LogP contribution < -0.4 is 10.1 Å². The molecule has 7 nitrogen and oxygen atoms in total. The van der Waals surface area contributed by atoms with E-state index in [1.165, 1.54) is 0 Å². The third-order valence-corrected chi connectivity index (χ3v) is 5.13. The Morgan fingerprint density at radius 1 is 1.07 bits per heavy atom. The van der Waals surface area contributed by atoms with Crippen molar-refractivity contribution < 1.29 is 19.1 Å². The number of carbonyl (C=O) groups is 2. The number of nitrogens with one attached hydrogen (secondary N) is 1. The molecule has 0 aromatic heterocycles. The van der Waals surface area contributed by atoms with Gasteiger partial charge in [0, 0.05) is 32.7 Å². The maximum atomic E-state index is 12.6. The van der Waals surface area contributed by atoms with Crippen LogP contribution in [-0.2, 0) is 16.0 Å². The lowest BCUT2D eigenvalue weighted by molar-refractivity contribution is -0.125. The lowest BCUT2D eigenvalue weighted by atomic mass is 10.1. The highest BCUT2D eigenvalue weighted by molar-refractivity contribution is 5.81. The minimum atomic E-state index is -0.253. The fraction of sp³-hybridized carbons (Fsp3) is 0.636. The van der Waals surface area contributed by atoms with Crippen LogP contribution in [0.15, 0.2) is 24.3 Å². The average Bonchev–Trinajstić information content (AvgIpc) is 2.98. The van der Waals surface area contributed by atoms with Crippen LogP contribution in [0.5, 0.6) is 5.75 Å². The summed E-state index contributed by atoms with van der Waals surface area (Å²) in [6.07, 6.45) is 1.36. The molecular weight excluding hydrogens is 370 g/mol. The molecule has 7 heteroatoms. The molecule has 1 fully saturated rings. The summed E-state index contributed by atoms with van der Waals surface area (Å²) < 4.78 is 10.5. The normalized spacial score (nSPS) is 16.2. The van der Waals surface area contributed by atoms with Gasteiger partial charge in [-0.1, -0.05) is 26.0 Å². The van der Waals surface area contributed by atoms with Gasteiger partial charge >= 0.3 is 6.09 Å². The molecule has 1 aromatic carbocycles. The lowest BCUT2D eigenvalue weighted by Crippen LogP contribution is -2.47. The van der Waals surface area contributed by atoms with E-state index in [0.29, 0.717) is 38.7 Å². The van der Waals surface area contributed by atoms with E-state index in [1.807, 2.05) is 45.0 Å². The minimum absolute atomic E-state index is 0.0225. The molecule has 0 aliphatic carbocycles. The highest BCUT2D eigenvalue weighted by Crippen LogP contribution is 2.12. The molecule has 1 aromatic rings. The number of nitrogens with zero attached hydrogens (tertiary/aromatic N) is 2. The number of amides is 2. The first-order valence-corrected chi connectivity index (χ1v) is 10.5. The molecule has 162 valence electrons. The van der Waals surface area contributed by atoms with Gasteiger partial charge in [0.1, 0.15) is 5.75 Å². The summed E-state index contributed by atoms with van der Waals surface area (Å²) in [5.41, 5.74) is 1.16. The number of methoxy groups -OCH3 is 1. The number of ether oxygens (including phenoxy) is 2. The second-order valence-electron chi connectivity index (χ2n) is 7.91. The van der Waals surface area contributed by atoms with E-state index < -0.39 is 0 Å². The van der Waals surface area contributed by atoms with Crippen LogP contribution in [0.25, 0.3) is 0 Å². The first kappa shape index (κ1) is 23.0. The minimum Gasteiger partial charge on any atom is -0.497 e. The van der Waals surface area contributed by atoms with Crippen LogP contribution >= 0.6 is 0 Å². The summed E-state index contributed by atoms with van der Waals surface area (Å²) in [7, 11) is 1.65. The molecule has 1 heterocycles. The summed E-state index contributed by atoms with van der Waals surface area (Å²) in [5.74, 6) is 1.17. The van der Waals surface area contributed by atoms with E-state index in [0.717, 1.165) is 30.7 Å². The van der Waals surface area contributed by atoms with Crippen molar-refractivity contribution in [2.75, 3.05) is 46.4 Å². The van der Waals surface area contributed by atoms with Crippen LogP contribution in [0.2, 0.25) is 0 Å². The molecule has 1 unspecified atom stereocenters. The van der Waals surface area contributed by atoms with E-state index in [4.69, 9.17) is 9.47 Å². The zero-order valence-corrected chi connectivity index (χ0v) is 18.1. The molecule has 2 amide bonds. The van der Waals surface area contributed by atoms with Gasteiger partial charge in [-0.3, -0.25) is 9.69 Å². The van der Waals surface area contributed by atoms with Gasteiger partial charge in [-0.25, -0.2) is 4.79 Å². The molecule has 1 aliphatic heterocycles. The average molecular weight is 406 g/mol. The number of rotatable bonds is 8. The van der Waals surface area contributed by atoms with Crippen molar-refractivity contribution in [3.8, 4) is 5.75 Å². The van der Waals surface area contributed by atoms with Crippen molar-refractivity contribution in [1.82, 2.24) is 15.1 Å². The largest absolute Gasteiger partial charge is 0.497 e. The highest BCUT2D eigenvalue weighted by Gasteiger charge is 2.26. The summed E-state index contributed by atoms with van der Waals surface area (Å²) in [5, 5.41) is 3.03. The Labute approximate surface area is 174 Å². The van der Waals surface area contributed by atoms with E-state index in [9.17, 15) is 9.59 Å². The Hall–Kier alpha value is -2.28. The first-order chi connectivity index (χ1) is 13.9. The van der Waals surface area contributed by atoms with E-state index in [-0.39, 0.29) is 18.0 Å². The molecule has 1 aliphatic rings. The Balaban J connectivity index is 1.74. The van der Waals surface area contributed by atoms with Crippen molar-refractivity contribution in [3.63, 3.8) is 0 Å². The topological polar surface area (TPSA) is 71.1 Å². The van der Waals surface area contributed by atoms with Crippen LogP contribution in [0.3, 0.4) is 0 Å². The zero-order chi connectivity index (χ0) is 21.2. The second-order valence-corrected chi connectivity index (χ2v) is 7.91. The van der Waals surface area contributed by atoms with Crippen molar-refractivity contribution in [2.24, 2.45) is 5.92 Å². The number of carbonyl (C=O) groups excluding carboxylic acids is 2. The van der Waals surface area contributed by atoms with E-state index in [1.54, 1.807) is 12.0 Å². The summed E-state index contributed by atoms with van der Waals surface area (Å²) in [6.45, 7) is 9.71. The second kappa shape index (κ2) is 11.7. The molecule has 1 atom stereocenters. The molecular formula is C22H35N3O4. The zero-order valence-electron chi connectivity index (χ0n) is 18.1. The van der Waals surface area contributed by atoms with Gasteiger partial charge in [0.15, 0.2) is 0 Å². The number of benzene rings is 1. The number of hydrogen-bond acceptors (Lipinski definition) is 5. The van der Waals surface area contributed by atoms with Crippen molar-refractivity contribution >= 4 is 12.0 Å². The van der Waals surface area contributed by atoms with Crippen LogP contribution in [-0.4, -0.2) is 74.3 Å². The van der Waals surface area contributed by atoms with Crippen LogP contribution in [0.4, 0.5) is 4.79 Å². The van der Waals surface area contributed by atoms with Crippen molar-refractivity contribution in [1.29, 1.82) is 0 Å². The van der Waals surface area contributed by atoms with Gasteiger partial charge in [-0.2, -0.15) is 0 Å². The monoisotopic (exact) mass is 405 g/mol. The Morgan fingerprint density at radius 2 is 1.79 bits per heavy atom. The van der Waals surface area contributed by atoms with Gasteiger partial charge in [0.05, 0.1) is 19.8 Å². The maximum Gasteiger partial charge on any atom is 0.409 e. The molecule has 0 spiro atoms. The summed E-state index contributed by atoms with van der Waals surface area (Å²) in [6, 6.07) is 7.65. The fourth-order valence-corrected chi connectivity index (χ4v) is 3.27. The van der Waals surface area contributed by atoms with Crippen LogP contribution in [0, 0.1) is 5.92 Å². The molecule has 1 saturated heterocycles. The number of hydrogen-bond donors (Lipinski definition) is 1. The van der Waals surface area contributed by atoms with Gasteiger partial charge < -0.3 is 19.7 Å². The van der Waals surface area contributed by atoms with Gasteiger partial charge in [0.25, 0.3) is 0 Å². The fourth-order valence-electron chi connectivity index (χ4n) is 3.27. The molecule has 1 N–H and O–H groups in total. The molecule has 0 bridgehead atoms. The van der Waals surface area contributed by atoms with Gasteiger partial charge in [-0.05, 0) is 43.4 Å². The Morgan fingerprint density at radius 3 is 2.45 bits per heavy atom. The molecule has 2 rings (SSSR count). The van der Waals surface area contributed by atoms with E-state index >= 15 is 0 Å². The Bertz CT molecular complexity index is 648. The van der Waals surface area contributed by atoms with Gasteiger partial charge in [-0.15, -0.1) is 0 Å². The van der Waals surface area contributed by atoms with Gasteiger partial charge in [0.2, 0.25) is 5.91 Å². The van der Waals surface area contributed by atoms with Crippen molar-refractivity contribution in [3.05, 3.63) is 29.8 Å². The SMILES string of the molecule is COc1ccc(CCNC(=O)C(C)N2CCCN(C(=O)OCC(C)C)CC2)cc1. The predicted octanol–water partition coefficient (Wildman–Crippen LogP) is 2.54. The predicted molar refractivity (Wildman–Crippen MR) is 113 cm³/mol. The standard InChI is InChI=1S/C22H35N3O4/c1-17(2)16-29-22(27)25-13-5-12-24(14-15-25)18(3)21(26)23-11-10-19-6-8-20(28-4)9-7-19/h6-9,17-18H,5,10-16H2,1-4H3,(H,23,26). The van der Waals surface area contributed by atoms with Crippen molar-refractivity contribution in [2.45, 2.75) is 39.7 Å². The maximum absolute atomic E-state index is 12.6. The molecule has 29 heavy (non-hydrogen) atoms. The highest BCUT2D eigenvalue weighted by atomic mass is 16.6. The third-order valence-electron chi connectivity index (χ3n) is 5.13. The first-order valence-electron chi connectivity index (χ1n) is 10.5.